The fraction of sp³-hybridized carbons (Fsp3) is 0.625. The highest BCUT2D eigenvalue weighted by Crippen LogP contribution is 2.26. The van der Waals surface area contributed by atoms with E-state index in [0.717, 1.165) is 25.7 Å². The smallest absolute Gasteiger partial charge is 0.276 e. The molecule has 0 aliphatic heterocycles. The number of rotatable bonds is 6. The van der Waals surface area contributed by atoms with Gasteiger partial charge in [-0.05, 0) is 38.7 Å². The SMILES string of the molecule is CCN(CCn1cccn1)C(=O)c1cn(C2CCC(N)CC2)nn1. The van der Waals surface area contributed by atoms with Gasteiger partial charge in [0, 0.05) is 31.5 Å². The van der Waals surface area contributed by atoms with Crippen LogP contribution in [0.15, 0.2) is 24.7 Å². The van der Waals surface area contributed by atoms with Crippen molar-refractivity contribution in [3.63, 3.8) is 0 Å². The van der Waals surface area contributed by atoms with Crippen molar-refractivity contribution in [3.8, 4) is 0 Å². The van der Waals surface area contributed by atoms with Crippen LogP contribution >= 0.6 is 0 Å². The van der Waals surface area contributed by atoms with E-state index in [-0.39, 0.29) is 5.91 Å². The summed E-state index contributed by atoms with van der Waals surface area (Å²) in [6, 6.07) is 2.47. The summed E-state index contributed by atoms with van der Waals surface area (Å²) in [6.07, 6.45) is 9.39. The predicted octanol–water partition coefficient (Wildman–Crippen LogP) is 1.08. The van der Waals surface area contributed by atoms with Gasteiger partial charge < -0.3 is 10.6 Å². The lowest BCUT2D eigenvalue weighted by molar-refractivity contribution is 0.0751. The van der Waals surface area contributed by atoms with Gasteiger partial charge in [0.25, 0.3) is 5.91 Å². The van der Waals surface area contributed by atoms with Crippen LogP contribution in [0.25, 0.3) is 0 Å². The van der Waals surface area contributed by atoms with E-state index in [1.807, 2.05) is 28.6 Å². The molecule has 3 rings (SSSR count). The normalized spacial score (nSPS) is 20.9. The minimum Gasteiger partial charge on any atom is -0.336 e. The van der Waals surface area contributed by atoms with E-state index in [4.69, 9.17) is 5.73 Å². The van der Waals surface area contributed by atoms with Gasteiger partial charge in [-0.25, -0.2) is 4.68 Å². The van der Waals surface area contributed by atoms with Crippen molar-refractivity contribution < 1.29 is 4.79 Å². The largest absolute Gasteiger partial charge is 0.336 e. The van der Waals surface area contributed by atoms with Gasteiger partial charge in [-0.3, -0.25) is 9.48 Å². The van der Waals surface area contributed by atoms with Gasteiger partial charge in [0.05, 0.1) is 18.8 Å². The van der Waals surface area contributed by atoms with E-state index >= 15 is 0 Å². The molecule has 1 aliphatic carbocycles. The van der Waals surface area contributed by atoms with Gasteiger partial charge in [0.15, 0.2) is 5.69 Å². The van der Waals surface area contributed by atoms with Crippen molar-refractivity contribution in [2.75, 3.05) is 13.1 Å². The van der Waals surface area contributed by atoms with Crippen LogP contribution in [-0.2, 0) is 6.54 Å². The van der Waals surface area contributed by atoms with Gasteiger partial charge in [-0.1, -0.05) is 5.21 Å². The Morgan fingerprint density at radius 1 is 1.38 bits per heavy atom. The van der Waals surface area contributed by atoms with Crippen LogP contribution in [0, 0.1) is 0 Å². The number of amides is 1. The lowest BCUT2D eigenvalue weighted by Gasteiger charge is -2.25. The molecule has 2 aromatic rings. The summed E-state index contributed by atoms with van der Waals surface area (Å²) in [5.74, 6) is -0.0802. The van der Waals surface area contributed by atoms with Crippen molar-refractivity contribution in [1.29, 1.82) is 0 Å². The van der Waals surface area contributed by atoms with Crippen LogP contribution < -0.4 is 5.73 Å². The molecule has 1 aliphatic rings. The third kappa shape index (κ3) is 3.81. The zero-order valence-electron chi connectivity index (χ0n) is 14.1. The standard InChI is InChI=1S/C16H25N7O/c1-2-21(10-11-22-9-3-8-18-22)16(24)15-12-23(20-19-15)14-6-4-13(17)5-7-14/h3,8-9,12-14H,2,4-7,10-11,17H2,1H3. The highest BCUT2D eigenvalue weighted by atomic mass is 16.2. The summed E-state index contributed by atoms with van der Waals surface area (Å²) >= 11 is 0. The summed E-state index contributed by atoms with van der Waals surface area (Å²) in [5, 5.41) is 12.4. The molecular formula is C16H25N7O. The maximum atomic E-state index is 12.6. The summed E-state index contributed by atoms with van der Waals surface area (Å²) in [7, 11) is 0. The first kappa shape index (κ1) is 16.6. The minimum atomic E-state index is -0.0802. The van der Waals surface area contributed by atoms with E-state index in [0.29, 0.717) is 37.4 Å². The first-order valence-electron chi connectivity index (χ1n) is 8.61. The number of likely N-dealkylation sites (N-methyl/N-ethyl adjacent to an activating group) is 1. The Balaban J connectivity index is 1.61. The van der Waals surface area contributed by atoms with E-state index in [1.165, 1.54) is 0 Å². The molecule has 2 N–H and O–H groups in total. The van der Waals surface area contributed by atoms with Crippen LogP contribution in [0.3, 0.4) is 0 Å². The molecule has 0 spiro atoms. The van der Waals surface area contributed by atoms with Gasteiger partial charge in [-0.15, -0.1) is 5.10 Å². The van der Waals surface area contributed by atoms with E-state index < -0.39 is 0 Å². The highest BCUT2D eigenvalue weighted by molar-refractivity contribution is 5.91. The second-order valence-corrected chi connectivity index (χ2v) is 6.31. The van der Waals surface area contributed by atoms with Crippen molar-refractivity contribution >= 4 is 5.91 Å². The van der Waals surface area contributed by atoms with E-state index in [9.17, 15) is 4.79 Å². The van der Waals surface area contributed by atoms with Crippen molar-refractivity contribution in [1.82, 2.24) is 29.7 Å². The summed E-state index contributed by atoms with van der Waals surface area (Å²) in [4.78, 5) is 14.4. The zero-order valence-corrected chi connectivity index (χ0v) is 14.1. The zero-order chi connectivity index (χ0) is 16.9. The highest BCUT2D eigenvalue weighted by Gasteiger charge is 2.23. The molecular weight excluding hydrogens is 306 g/mol. The number of hydrogen-bond donors (Lipinski definition) is 1. The molecule has 24 heavy (non-hydrogen) atoms. The lowest BCUT2D eigenvalue weighted by Crippen LogP contribution is -2.34. The van der Waals surface area contributed by atoms with Crippen LogP contribution in [-0.4, -0.2) is 54.7 Å². The maximum Gasteiger partial charge on any atom is 0.276 e. The number of aromatic nitrogens is 5. The maximum absolute atomic E-state index is 12.6. The molecule has 2 aromatic heterocycles. The third-order valence-electron chi connectivity index (χ3n) is 4.67. The Labute approximate surface area is 141 Å². The molecule has 0 unspecified atom stereocenters. The molecule has 0 atom stereocenters. The fourth-order valence-corrected chi connectivity index (χ4v) is 3.14. The Hall–Kier alpha value is -2.22. The van der Waals surface area contributed by atoms with Gasteiger partial charge in [0.2, 0.25) is 0 Å². The van der Waals surface area contributed by atoms with E-state index in [2.05, 4.69) is 15.4 Å². The lowest BCUT2D eigenvalue weighted by atomic mass is 9.92. The van der Waals surface area contributed by atoms with Crippen molar-refractivity contribution in [3.05, 3.63) is 30.4 Å². The second-order valence-electron chi connectivity index (χ2n) is 6.31. The molecule has 0 saturated heterocycles. The molecule has 1 amide bonds. The number of hydrogen-bond acceptors (Lipinski definition) is 5. The van der Waals surface area contributed by atoms with Crippen LogP contribution in [0.4, 0.5) is 0 Å². The quantitative estimate of drug-likeness (QED) is 0.854. The van der Waals surface area contributed by atoms with Gasteiger partial charge in [0.1, 0.15) is 0 Å². The molecule has 130 valence electrons. The molecule has 8 nitrogen and oxygen atoms in total. The summed E-state index contributed by atoms with van der Waals surface area (Å²) in [5.41, 5.74) is 6.36. The Bertz CT molecular complexity index is 643. The number of carbonyl (C=O) groups is 1. The van der Waals surface area contributed by atoms with E-state index in [1.54, 1.807) is 17.3 Å². The summed E-state index contributed by atoms with van der Waals surface area (Å²) in [6.45, 7) is 3.86. The first-order valence-corrected chi connectivity index (χ1v) is 8.61. The molecule has 0 bridgehead atoms. The molecule has 1 saturated carbocycles. The average Bonchev–Trinajstić information content (AvgIpc) is 3.27. The van der Waals surface area contributed by atoms with Crippen LogP contribution in [0.1, 0.15) is 49.1 Å². The summed E-state index contributed by atoms with van der Waals surface area (Å²) < 4.78 is 3.65. The topological polar surface area (TPSA) is 94.9 Å². The second kappa shape index (κ2) is 7.57. The van der Waals surface area contributed by atoms with Crippen LogP contribution in [0.5, 0.6) is 0 Å². The van der Waals surface area contributed by atoms with Crippen molar-refractivity contribution in [2.45, 2.75) is 51.2 Å². The minimum absolute atomic E-state index is 0.0802. The molecule has 0 aromatic carbocycles. The number of nitrogens with two attached hydrogens (primary N) is 1. The fourth-order valence-electron chi connectivity index (χ4n) is 3.14. The Morgan fingerprint density at radius 3 is 2.83 bits per heavy atom. The Kier molecular flexibility index (Phi) is 5.24. The molecule has 8 heteroatoms. The first-order chi connectivity index (χ1) is 11.7. The monoisotopic (exact) mass is 331 g/mol. The predicted molar refractivity (Wildman–Crippen MR) is 89.3 cm³/mol. The third-order valence-corrected chi connectivity index (χ3v) is 4.67. The van der Waals surface area contributed by atoms with Crippen molar-refractivity contribution in [2.24, 2.45) is 5.73 Å². The molecule has 0 radical (unpaired) electrons. The number of nitrogens with zero attached hydrogens (tertiary/aromatic N) is 6. The Morgan fingerprint density at radius 2 is 2.17 bits per heavy atom. The number of carbonyl (C=O) groups excluding carboxylic acids is 1. The molecule has 2 heterocycles. The van der Waals surface area contributed by atoms with Gasteiger partial charge >= 0.3 is 0 Å². The molecule has 1 fully saturated rings. The average molecular weight is 331 g/mol. The van der Waals surface area contributed by atoms with Gasteiger partial charge in [-0.2, -0.15) is 5.10 Å². The van der Waals surface area contributed by atoms with Crippen LogP contribution in [0.2, 0.25) is 0 Å².